The summed E-state index contributed by atoms with van der Waals surface area (Å²) in [5, 5.41) is 0. The lowest BCUT2D eigenvalue weighted by Gasteiger charge is -2.34. The van der Waals surface area contributed by atoms with Crippen LogP contribution in [0.2, 0.25) is 19.6 Å². The number of aryl methyl sites for hydroxylation is 2. The van der Waals surface area contributed by atoms with Crippen LogP contribution >= 0.6 is 0 Å². The Morgan fingerprint density at radius 3 is 2.00 bits per heavy atom. The molecule has 4 heteroatoms. The zero-order valence-electron chi connectivity index (χ0n) is 26.9. The summed E-state index contributed by atoms with van der Waals surface area (Å²) in [6.07, 6.45) is 6.81. The monoisotopic (exact) mass is 580 g/mol. The molecule has 0 aliphatic heterocycles. The van der Waals surface area contributed by atoms with E-state index in [1.54, 1.807) is 0 Å². The predicted molar refractivity (Wildman–Crippen MR) is 177 cm³/mol. The van der Waals surface area contributed by atoms with Crippen molar-refractivity contribution >= 4 is 14.3 Å². The Morgan fingerprint density at radius 1 is 0.881 bits per heavy atom. The van der Waals surface area contributed by atoms with Gasteiger partial charge in [-0.2, -0.15) is 0 Å². The van der Waals surface area contributed by atoms with E-state index in [1.807, 2.05) is 12.1 Å². The standard InChI is InChI=1S/C38H48O3Si/c1-9-38(10-2,34-19-20-35(29(4)26-34)32-15-13-30(14-16-32)27-36(39)40-5)33-18-17-31(28(3)25-33)21-24-37(22-11-12-23-37)41-42(6,7)8/h13-20,25-26H,9-12,22-23,27H2,1-8H3. The normalized spacial score (nSPS) is 14.8. The van der Waals surface area contributed by atoms with Gasteiger partial charge in [0, 0.05) is 11.0 Å². The molecule has 3 aromatic rings. The second kappa shape index (κ2) is 13.0. The zero-order valence-corrected chi connectivity index (χ0v) is 27.9. The fourth-order valence-electron chi connectivity index (χ4n) is 6.63. The number of carbonyl (C=O) groups excluding carboxylic acids is 1. The van der Waals surface area contributed by atoms with Crippen LogP contribution in [-0.2, 0) is 25.8 Å². The highest BCUT2D eigenvalue weighted by Crippen LogP contribution is 2.41. The van der Waals surface area contributed by atoms with Crippen molar-refractivity contribution in [1.29, 1.82) is 0 Å². The van der Waals surface area contributed by atoms with E-state index in [4.69, 9.17) is 9.16 Å². The van der Waals surface area contributed by atoms with Crippen molar-refractivity contribution in [3.63, 3.8) is 0 Å². The molecular formula is C38H48O3Si. The molecule has 0 atom stereocenters. The predicted octanol–water partition coefficient (Wildman–Crippen LogP) is 9.31. The maximum Gasteiger partial charge on any atom is 0.309 e. The van der Waals surface area contributed by atoms with Gasteiger partial charge in [0.05, 0.1) is 13.5 Å². The van der Waals surface area contributed by atoms with Crippen LogP contribution in [0.15, 0.2) is 60.7 Å². The van der Waals surface area contributed by atoms with Crippen molar-refractivity contribution in [2.24, 2.45) is 0 Å². The van der Waals surface area contributed by atoms with Crippen LogP contribution in [0, 0.1) is 25.7 Å². The van der Waals surface area contributed by atoms with E-state index in [2.05, 4.69) is 108 Å². The highest BCUT2D eigenvalue weighted by molar-refractivity contribution is 6.69. The van der Waals surface area contributed by atoms with Crippen LogP contribution < -0.4 is 0 Å². The average Bonchev–Trinajstić information content (AvgIpc) is 3.41. The molecule has 0 amide bonds. The number of carbonyl (C=O) groups is 1. The Labute approximate surface area is 255 Å². The van der Waals surface area contributed by atoms with Crippen LogP contribution in [-0.4, -0.2) is 27.0 Å². The van der Waals surface area contributed by atoms with E-state index in [0.29, 0.717) is 6.42 Å². The number of esters is 1. The van der Waals surface area contributed by atoms with Gasteiger partial charge in [0.2, 0.25) is 0 Å². The van der Waals surface area contributed by atoms with Crippen molar-refractivity contribution in [2.75, 3.05) is 7.11 Å². The van der Waals surface area contributed by atoms with Gasteiger partial charge in [-0.1, -0.05) is 80.3 Å². The van der Waals surface area contributed by atoms with Gasteiger partial charge in [0.15, 0.2) is 8.32 Å². The average molecular weight is 581 g/mol. The molecule has 0 N–H and O–H groups in total. The minimum Gasteiger partial charge on any atom is -0.469 e. The van der Waals surface area contributed by atoms with Crippen LogP contribution in [0.25, 0.3) is 11.1 Å². The lowest BCUT2D eigenvalue weighted by Crippen LogP contribution is -2.39. The van der Waals surface area contributed by atoms with E-state index in [0.717, 1.165) is 42.4 Å². The number of ether oxygens (including phenoxy) is 1. The number of methoxy groups -OCH3 is 1. The maximum atomic E-state index is 11.6. The minimum atomic E-state index is -1.69. The van der Waals surface area contributed by atoms with Gasteiger partial charge in [-0.05, 0) is 117 Å². The van der Waals surface area contributed by atoms with Crippen molar-refractivity contribution < 1.29 is 14.0 Å². The molecule has 0 heterocycles. The third kappa shape index (κ3) is 7.08. The lowest BCUT2D eigenvalue weighted by molar-refractivity contribution is -0.139. The van der Waals surface area contributed by atoms with Gasteiger partial charge >= 0.3 is 5.97 Å². The molecule has 0 bridgehead atoms. The molecule has 1 fully saturated rings. The Morgan fingerprint density at radius 2 is 1.48 bits per heavy atom. The van der Waals surface area contributed by atoms with Gasteiger partial charge in [-0.25, -0.2) is 0 Å². The van der Waals surface area contributed by atoms with Crippen molar-refractivity contribution in [3.8, 4) is 23.0 Å². The highest BCUT2D eigenvalue weighted by atomic mass is 28.4. The molecule has 42 heavy (non-hydrogen) atoms. The first-order valence-electron chi connectivity index (χ1n) is 15.6. The van der Waals surface area contributed by atoms with Crippen molar-refractivity contribution in [1.82, 2.24) is 0 Å². The molecule has 0 aromatic heterocycles. The molecule has 0 unspecified atom stereocenters. The Kier molecular flexibility index (Phi) is 9.86. The summed E-state index contributed by atoms with van der Waals surface area (Å²) in [6.45, 7) is 15.8. The SMILES string of the molecule is CCC(CC)(c1ccc(C#CC2(O[Si](C)(C)C)CCCC2)c(C)c1)c1ccc(-c2ccc(CC(=O)OC)cc2)c(C)c1. The van der Waals surface area contributed by atoms with Gasteiger partial charge in [0.25, 0.3) is 0 Å². The Bertz CT molecular complexity index is 1460. The number of benzene rings is 3. The minimum absolute atomic E-state index is 0.0714. The molecule has 0 radical (unpaired) electrons. The molecule has 1 saturated carbocycles. The first kappa shape index (κ1) is 31.8. The van der Waals surface area contributed by atoms with Gasteiger partial charge < -0.3 is 9.16 Å². The van der Waals surface area contributed by atoms with Crippen LogP contribution in [0.1, 0.15) is 85.8 Å². The third-order valence-corrected chi connectivity index (χ3v) is 9.95. The molecular weight excluding hydrogens is 533 g/mol. The number of hydrogen-bond acceptors (Lipinski definition) is 3. The smallest absolute Gasteiger partial charge is 0.309 e. The first-order valence-corrected chi connectivity index (χ1v) is 19.0. The Balaban J connectivity index is 1.63. The van der Waals surface area contributed by atoms with Crippen LogP contribution in [0.4, 0.5) is 0 Å². The Hall–Kier alpha value is -3.13. The van der Waals surface area contributed by atoms with Crippen molar-refractivity contribution in [2.45, 2.75) is 103 Å². The molecule has 3 nitrogen and oxygen atoms in total. The largest absolute Gasteiger partial charge is 0.469 e. The number of rotatable bonds is 9. The second-order valence-electron chi connectivity index (χ2n) is 13.0. The fraction of sp³-hybridized carbons (Fsp3) is 0.447. The first-order chi connectivity index (χ1) is 19.9. The van der Waals surface area contributed by atoms with Gasteiger partial charge in [-0.15, -0.1) is 0 Å². The maximum absolute atomic E-state index is 11.6. The van der Waals surface area contributed by atoms with E-state index < -0.39 is 8.32 Å². The fourth-order valence-corrected chi connectivity index (χ4v) is 8.05. The topological polar surface area (TPSA) is 35.5 Å². The zero-order chi connectivity index (χ0) is 30.5. The molecule has 3 aromatic carbocycles. The van der Waals surface area contributed by atoms with Crippen molar-refractivity contribution in [3.05, 3.63) is 94.0 Å². The summed E-state index contributed by atoms with van der Waals surface area (Å²) in [4.78, 5) is 11.6. The second-order valence-corrected chi connectivity index (χ2v) is 17.4. The molecule has 1 aliphatic rings. The molecule has 0 saturated heterocycles. The summed E-state index contributed by atoms with van der Waals surface area (Å²) in [5.41, 5.74) is 9.28. The van der Waals surface area contributed by atoms with E-state index in [-0.39, 0.29) is 17.0 Å². The van der Waals surface area contributed by atoms with Gasteiger partial charge in [-0.3, -0.25) is 4.79 Å². The summed E-state index contributed by atoms with van der Waals surface area (Å²) < 4.78 is 11.5. The van der Waals surface area contributed by atoms with Crippen LogP contribution in [0.3, 0.4) is 0 Å². The summed E-state index contributed by atoms with van der Waals surface area (Å²) in [5.74, 6) is 6.94. The lowest BCUT2D eigenvalue weighted by atomic mass is 9.69. The molecule has 1 aliphatic carbocycles. The number of hydrogen-bond donors (Lipinski definition) is 0. The highest BCUT2D eigenvalue weighted by Gasteiger charge is 2.37. The molecule has 222 valence electrons. The van der Waals surface area contributed by atoms with E-state index >= 15 is 0 Å². The quantitative estimate of drug-likeness (QED) is 0.144. The summed E-state index contributed by atoms with van der Waals surface area (Å²) in [6, 6.07) is 22.0. The van der Waals surface area contributed by atoms with E-state index in [9.17, 15) is 4.79 Å². The molecule has 0 spiro atoms. The molecule has 4 rings (SSSR count). The van der Waals surface area contributed by atoms with Gasteiger partial charge in [0.1, 0.15) is 5.60 Å². The third-order valence-electron chi connectivity index (χ3n) is 8.94. The summed E-state index contributed by atoms with van der Waals surface area (Å²) >= 11 is 0. The summed E-state index contributed by atoms with van der Waals surface area (Å²) in [7, 11) is -0.262. The van der Waals surface area contributed by atoms with E-state index in [1.165, 1.54) is 47.8 Å². The van der Waals surface area contributed by atoms with Crippen LogP contribution in [0.5, 0.6) is 0 Å².